The number of benzene rings is 1. The number of methoxy groups -OCH3 is 1. The molecule has 0 amide bonds. The molecule has 2 heteroatoms. The summed E-state index contributed by atoms with van der Waals surface area (Å²) in [4.78, 5) is 0. The van der Waals surface area contributed by atoms with Crippen LogP contribution in [0.1, 0.15) is 25.0 Å². The summed E-state index contributed by atoms with van der Waals surface area (Å²) in [7, 11) is 1.68. The van der Waals surface area contributed by atoms with Gasteiger partial charge in [0.05, 0.1) is 12.7 Å². The average Bonchev–Trinajstić information content (AvgIpc) is 2.21. The summed E-state index contributed by atoms with van der Waals surface area (Å²) in [6, 6.07) is 8.04. The fourth-order valence-corrected chi connectivity index (χ4v) is 1.33. The van der Waals surface area contributed by atoms with Gasteiger partial charge >= 0.3 is 0 Å². The zero-order valence-electron chi connectivity index (χ0n) is 9.53. The fraction of sp³-hybridized carbons (Fsp3) is 0.385. The molecule has 0 heterocycles. The molecular formula is C13H18O2. The van der Waals surface area contributed by atoms with Crippen molar-refractivity contribution in [3.8, 4) is 0 Å². The van der Waals surface area contributed by atoms with Crippen LogP contribution in [0.25, 0.3) is 6.08 Å². The van der Waals surface area contributed by atoms with Crippen LogP contribution >= 0.6 is 0 Å². The van der Waals surface area contributed by atoms with Gasteiger partial charge in [0.25, 0.3) is 0 Å². The zero-order valence-corrected chi connectivity index (χ0v) is 9.53. The highest BCUT2D eigenvalue weighted by Crippen LogP contribution is 2.15. The lowest BCUT2D eigenvalue weighted by Gasteiger charge is -2.08. The zero-order chi connectivity index (χ0) is 11.3. The summed E-state index contributed by atoms with van der Waals surface area (Å²) < 4.78 is 5.12. The molecule has 0 spiro atoms. The number of aliphatic hydroxyl groups excluding tert-OH is 1. The van der Waals surface area contributed by atoms with E-state index in [1.807, 2.05) is 37.3 Å². The third kappa shape index (κ3) is 3.50. The first-order valence-electron chi connectivity index (χ1n) is 5.08. The van der Waals surface area contributed by atoms with Crippen molar-refractivity contribution < 1.29 is 9.84 Å². The highest BCUT2D eigenvalue weighted by atomic mass is 16.5. The fourth-order valence-electron chi connectivity index (χ4n) is 1.33. The van der Waals surface area contributed by atoms with E-state index >= 15 is 0 Å². The van der Waals surface area contributed by atoms with Crippen molar-refractivity contribution in [1.82, 2.24) is 0 Å². The standard InChI is InChI=1S/C13H18O2/c1-10(11(2)14)8-12-6-4-5-7-13(12)9-15-3/h4-8,11,14H,9H2,1-3H3/b10-8-. The number of rotatable bonds is 4. The van der Waals surface area contributed by atoms with Crippen molar-refractivity contribution in [2.45, 2.75) is 26.6 Å². The van der Waals surface area contributed by atoms with E-state index in [9.17, 15) is 5.11 Å². The van der Waals surface area contributed by atoms with Crippen LogP contribution in [0.3, 0.4) is 0 Å². The summed E-state index contributed by atoms with van der Waals surface area (Å²) in [5.41, 5.74) is 3.20. The molecule has 0 aromatic heterocycles. The molecule has 0 bridgehead atoms. The summed E-state index contributed by atoms with van der Waals surface area (Å²) in [6.45, 7) is 4.29. The molecule has 1 aromatic rings. The predicted molar refractivity (Wildman–Crippen MR) is 62.5 cm³/mol. The van der Waals surface area contributed by atoms with Gasteiger partial charge in [-0.05, 0) is 30.5 Å². The maximum atomic E-state index is 9.40. The molecule has 0 saturated heterocycles. The Morgan fingerprint density at radius 1 is 1.47 bits per heavy atom. The first-order valence-corrected chi connectivity index (χ1v) is 5.08. The summed E-state index contributed by atoms with van der Waals surface area (Å²) in [5, 5.41) is 9.40. The lowest BCUT2D eigenvalue weighted by Crippen LogP contribution is -2.01. The van der Waals surface area contributed by atoms with E-state index in [0.717, 1.165) is 16.7 Å². The van der Waals surface area contributed by atoms with E-state index in [4.69, 9.17) is 4.74 Å². The van der Waals surface area contributed by atoms with E-state index in [0.29, 0.717) is 6.61 Å². The smallest absolute Gasteiger partial charge is 0.0722 e. The lowest BCUT2D eigenvalue weighted by atomic mass is 10.0. The molecule has 15 heavy (non-hydrogen) atoms. The molecule has 0 aliphatic carbocycles. The Hall–Kier alpha value is -1.12. The minimum atomic E-state index is -0.402. The normalized spacial score (nSPS) is 14.0. The average molecular weight is 206 g/mol. The molecule has 1 atom stereocenters. The monoisotopic (exact) mass is 206 g/mol. The Labute approximate surface area is 91.2 Å². The predicted octanol–water partition coefficient (Wildman–Crippen LogP) is 2.62. The van der Waals surface area contributed by atoms with E-state index in [1.54, 1.807) is 14.0 Å². The van der Waals surface area contributed by atoms with Gasteiger partial charge in [-0.1, -0.05) is 30.3 Å². The first-order chi connectivity index (χ1) is 7.15. The quantitative estimate of drug-likeness (QED) is 0.820. The van der Waals surface area contributed by atoms with Crippen LogP contribution in [-0.2, 0) is 11.3 Å². The second-order valence-electron chi connectivity index (χ2n) is 3.70. The van der Waals surface area contributed by atoms with Crippen LogP contribution in [0.15, 0.2) is 29.8 Å². The number of hydrogen-bond donors (Lipinski definition) is 1. The van der Waals surface area contributed by atoms with Crippen molar-refractivity contribution in [2.24, 2.45) is 0 Å². The highest BCUT2D eigenvalue weighted by Gasteiger charge is 2.02. The molecule has 0 radical (unpaired) electrons. The van der Waals surface area contributed by atoms with E-state index in [1.165, 1.54) is 0 Å². The molecule has 0 saturated carbocycles. The minimum absolute atomic E-state index is 0.402. The van der Waals surface area contributed by atoms with Crippen molar-refractivity contribution in [3.05, 3.63) is 41.0 Å². The second kappa shape index (κ2) is 5.69. The van der Waals surface area contributed by atoms with Crippen molar-refractivity contribution in [1.29, 1.82) is 0 Å². The lowest BCUT2D eigenvalue weighted by molar-refractivity contribution is 0.184. The summed E-state index contributed by atoms with van der Waals surface area (Å²) >= 11 is 0. The largest absolute Gasteiger partial charge is 0.389 e. The maximum absolute atomic E-state index is 9.40. The van der Waals surface area contributed by atoms with E-state index in [2.05, 4.69) is 0 Å². The molecule has 0 aliphatic heterocycles. The summed E-state index contributed by atoms with van der Waals surface area (Å²) in [6.07, 6.45) is 1.60. The Morgan fingerprint density at radius 2 is 2.13 bits per heavy atom. The molecule has 2 nitrogen and oxygen atoms in total. The number of ether oxygens (including phenoxy) is 1. The Morgan fingerprint density at radius 3 is 2.73 bits per heavy atom. The van der Waals surface area contributed by atoms with Gasteiger partial charge in [-0.2, -0.15) is 0 Å². The Kier molecular flexibility index (Phi) is 4.53. The van der Waals surface area contributed by atoms with Gasteiger partial charge in [0.2, 0.25) is 0 Å². The highest BCUT2D eigenvalue weighted by molar-refractivity contribution is 5.56. The van der Waals surface area contributed by atoms with Gasteiger partial charge in [0.1, 0.15) is 0 Å². The van der Waals surface area contributed by atoms with Crippen molar-refractivity contribution in [2.75, 3.05) is 7.11 Å². The summed E-state index contributed by atoms with van der Waals surface area (Å²) in [5.74, 6) is 0. The van der Waals surface area contributed by atoms with Gasteiger partial charge in [-0.3, -0.25) is 0 Å². The van der Waals surface area contributed by atoms with Gasteiger partial charge in [-0.25, -0.2) is 0 Å². The van der Waals surface area contributed by atoms with Crippen molar-refractivity contribution in [3.63, 3.8) is 0 Å². The molecular weight excluding hydrogens is 188 g/mol. The Bertz CT molecular complexity index is 340. The van der Waals surface area contributed by atoms with Gasteiger partial charge in [0, 0.05) is 7.11 Å². The van der Waals surface area contributed by atoms with Crippen molar-refractivity contribution >= 4 is 6.08 Å². The SMILES string of the molecule is COCc1ccccc1/C=C(/C)C(C)O. The Balaban J connectivity index is 2.98. The third-order valence-electron chi connectivity index (χ3n) is 2.40. The molecule has 1 aromatic carbocycles. The van der Waals surface area contributed by atoms with E-state index < -0.39 is 6.10 Å². The van der Waals surface area contributed by atoms with Crippen LogP contribution in [0, 0.1) is 0 Å². The maximum Gasteiger partial charge on any atom is 0.0722 e. The molecule has 0 fully saturated rings. The number of hydrogen-bond acceptors (Lipinski definition) is 2. The van der Waals surface area contributed by atoms with Crippen LogP contribution in [0.5, 0.6) is 0 Å². The number of aliphatic hydroxyl groups is 1. The molecule has 0 aliphatic rings. The second-order valence-corrected chi connectivity index (χ2v) is 3.70. The molecule has 1 N–H and O–H groups in total. The molecule has 82 valence electrons. The third-order valence-corrected chi connectivity index (χ3v) is 2.40. The van der Waals surface area contributed by atoms with Crippen LogP contribution < -0.4 is 0 Å². The van der Waals surface area contributed by atoms with Crippen LogP contribution in [0.4, 0.5) is 0 Å². The van der Waals surface area contributed by atoms with E-state index in [-0.39, 0.29) is 0 Å². The molecule has 1 unspecified atom stereocenters. The topological polar surface area (TPSA) is 29.5 Å². The van der Waals surface area contributed by atoms with Crippen LogP contribution in [-0.4, -0.2) is 18.3 Å². The van der Waals surface area contributed by atoms with Crippen LogP contribution in [0.2, 0.25) is 0 Å². The first kappa shape index (κ1) is 12.0. The molecule has 1 rings (SSSR count). The minimum Gasteiger partial charge on any atom is -0.389 e. The van der Waals surface area contributed by atoms with Gasteiger partial charge in [-0.15, -0.1) is 0 Å². The van der Waals surface area contributed by atoms with Gasteiger partial charge in [0.15, 0.2) is 0 Å². The van der Waals surface area contributed by atoms with Gasteiger partial charge < -0.3 is 9.84 Å².